The van der Waals surface area contributed by atoms with Gasteiger partial charge in [0, 0.05) is 38.0 Å². The average molecular weight is 581 g/mol. The van der Waals surface area contributed by atoms with Crippen molar-refractivity contribution in [2.45, 2.75) is 129 Å². The van der Waals surface area contributed by atoms with Gasteiger partial charge in [0.05, 0.1) is 11.8 Å². The van der Waals surface area contributed by atoms with Crippen LogP contribution < -0.4 is 10.6 Å². The molecule has 0 bridgehead atoms. The minimum absolute atomic E-state index is 0.0122. The van der Waals surface area contributed by atoms with Crippen molar-refractivity contribution in [2.24, 2.45) is 39.7 Å². The highest BCUT2D eigenvalue weighted by Crippen LogP contribution is 2.66. The fourth-order valence-electron chi connectivity index (χ4n) is 10.6. The molecule has 2 amide bonds. The van der Waals surface area contributed by atoms with Gasteiger partial charge in [0.1, 0.15) is 0 Å². The molecular formula is C34H52N4O4. The molecule has 6 aliphatic rings. The van der Waals surface area contributed by atoms with Crippen LogP contribution >= 0.6 is 0 Å². The van der Waals surface area contributed by atoms with Crippen molar-refractivity contribution in [3.63, 3.8) is 0 Å². The van der Waals surface area contributed by atoms with E-state index in [1.54, 1.807) is 7.05 Å². The first-order valence-corrected chi connectivity index (χ1v) is 16.9. The molecule has 1 saturated heterocycles. The standard InChI is InChI=1S/C34H52N4O4/c1-21(37-42-32(41)38(24-7-5-6-8-24)20-23-10-14-30(36-23)31(40)35-4)27-12-13-28-26-11-9-22-19-25(39)15-17-33(22,2)29(26)16-18-34(27,28)3/h19,23-24,26-30,36H,5-18,20H2,1-4H3,(H,35,40)/b37-21+/t23?,26-,27+,28-,29-,30?,33-,34+/m0/s1. The highest BCUT2D eigenvalue weighted by atomic mass is 16.7. The van der Waals surface area contributed by atoms with Gasteiger partial charge >= 0.3 is 6.09 Å². The number of ketones is 1. The molecule has 8 atom stereocenters. The topological polar surface area (TPSA) is 100 Å². The zero-order valence-corrected chi connectivity index (χ0v) is 26.3. The fraction of sp³-hybridized carbons (Fsp3) is 0.824. The van der Waals surface area contributed by atoms with Crippen LogP contribution in [0.1, 0.15) is 111 Å². The largest absolute Gasteiger partial charge is 0.436 e. The molecule has 0 radical (unpaired) electrons. The third kappa shape index (κ3) is 5.24. The van der Waals surface area contributed by atoms with Crippen LogP contribution in [0.2, 0.25) is 0 Å². The summed E-state index contributed by atoms with van der Waals surface area (Å²) in [6, 6.07) is 0.0761. The summed E-state index contributed by atoms with van der Waals surface area (Å²) in [5, 5.41) is 10.7. The second-order valence-electron chi connectivity index (χ2n) is 14.9. The number of nitrogens with zero attached hydrogens (tertiary/aromatic N) is 2. The Hall–Kier alpha value is -2.22. The highest BCUT2D eigenvalue weighted by molar-refractivity contribution is 5.91. The molecule has 2 N–H and O–H groups in total. The van der Waals surface area contributed by atoms with E-state index in [1.165, 1.54) is 31.3 Å². The zero-order valence-electron chi connectivity index (χ0n) is 26.3. The van der Waals surface area contributed by atoms with Crippen LogP contribution in [-0.4, -0.2) is 60.1 Å². The van der Waals surface area contributed by atoms with Crippen LogP contribution in [-0.2, 0) is 14.4 Å². The van der Waals surface area contributed by atoms with Gasteiger partial charge in [0.2, 0.25) is 5.91 Å². The van der Waals surface area contributed by atoms with Gasteiger partial charge in [0.15, 0.2) is 5.78 Å². The molecule has 42 heavy (non-hydrogen) atoms. The summed E-state index contributed by atoms with van der Waals surface area (Å²) in [4.78, 5) is 45.5. The predicted molar refractivity (Wildman–Crippen MR) is 163 cm³/mol. The number of amides is 2. The third-order valence-electron chi connectivity index (χ3n) is 13.0. The number of rotatable bonds is 6. The van der Waals surface area contributed by atoms with Crippen LogP contribution in [0.25, 0.3) is 0 Å². The average Bonchev–Trinajstić information content (AvgIpc) is 3.74. The Morgan fingerprint density at radius 3 is 2.57 bits per heavy atom. The van der Waals surface area contributed by atoms with Crippen LogP contribution in [0.5, 0.6) is 0 Å². The summed E-state index contributed by atoms with van der Waals surface area (Å²) < 4.78 is 0. The number of fused-ring (bicyclic) bond motifs is 5. The number of oxime groups is 1. The zero-order chi connectivity index (χ0) is 29.6. The molecule has 8 nitrogen and oxygen atoms in total. The lowest BCUT2D eigenvalue weighted by Crippen LogP contribution is -2.51. The number of likely N-dealkylation sites (N-methyl/N-ethyl adjacent to an activating group) is 1. The highest BCUT2D eigenvalue weighted by Gasteiger charge is 2.59. The number of hydrogen-bond donors (Lipinski definition) is 2. The Kier molecular flexibility index (Phi) is 8.31. The van der Waals surface area contributed by atoms with E-state index in [1.807, 2.05) is 11.0 Å². The summed E-state index contributed by atoms with van der Waals surface area (Å²) in [6.07, 6.45) is 16.3. The van der Waals surface area contributed by atoms with E-state index in [0.717, 1.165) is 63.5 Å². The van der Waals surface area contributed by atoms with Crippen LogP contribution in [0.4, 0.5) is 4.79 Å². The molecule has 0 aromatic rings. The maximum absolute atomic E-state index is 13.5. The smallest absolute Gasteiger partial charge is 0.358 e. The molecule has 6 rings (SSSR count). The number of allylic oxidation sites excluding steroid dienone is 1. The molecule has 2 unspecified atom stereocenters. The molecule has 232 valence electrons. The third-order valence-corrected chi connectivity index (χ3v) is 13.0. The number of hydrogen-bond acceptors (Lipinski definition) is 6. The van der Waals surface area contributed by atoms with E-state index in [4.69, 9.17) is 4.84 Å². The van der Waals surface area contributed by atoms with Crippen molar-refractivity contribution >= 4 is 23.5 Å². The molecule has 0 aromatic heterocycles. The Balaban J connectivity index is 1.12. The van der Waals surface area contributed by atoms with E-state index in [-0.39, 0.29) is 41.0 Å². The number of carbonyl (C=O) groups excluding carboxylic acids is 3. The first-order chi connectivity index (χ1) is 20.1. The molecule has 8 heteroatoms. The quantitative estimate of drug-likeness (QED) is 0.236. The summed E-state index contributed by atoms with van der Waals surface area (Å²) in [6.45, 7) is 7.54. The van der Waals surface area contributed by atoms with Gasteiger partial charge < -0.3 is 15.5 Å². The van der Waals surface area contributed by atoms with Crippen LogP contribution in [0.3, 0.4) is 0 Å². The Labute approximate surface area is 251 Å². The number of carbonyl (C=O) groups is 3. The normalized spacial score (nSPS) is 40.1. The molecule has 0 aromatic carbocycles. The molecule has 1 aliphatic heterocycles. The molecule has 1 heterocycles. The van der Waals surface area contributed by atoms with Gasteiger partial charge in [-0.1, -0.05) is 37.4 Å². The lowest BCUT2D eigenvalue weighted by Gasteiger charge is -2.58. The fourth-order valence-corrected chi connectivity index (χ4v) is 10.6. The van der Waals surface area contributed by atoms with Crippen molar-refractivity contribution in [2.75, 3.05) is 13.6 Å². The van der Waals surface area contributed by atoms with Gasteiger partial charge in [-0.3, -0.25) is 14.4 Å². The molecule has 4 saturated carbocycles. The monoisotopic (exact) mass is 580 g/mol. The van der Waals surface area contributed by atoms with E-state index >= 15 is 0 Å². The van der Waals surface area contributed by atoms with Crippen LogP contribution in [0.15, 0.2) is 16.8 Å². The van der Waals surface area contributed by atoms with Crippen molar-refractivity contribution in [1.29, 1.82) is 0 Å². The number of nitrogens with one attached hydrogen (secondary N) is 2. The van der Waals surface area contributed by atoms with Gasteiger partial charge in [0.25, 0.3) is 0 Å². The molecule has 0 spiro atoms. The molecule has 5 fully saturated rings. The SMILES string of the molecule is CNC(=O)C1CCC(CN(C(=O)O/N=C(\C)[C@H]2CC[C@H]3[C@@H]4CCC5=CC(=O)CC[C@]5(C)[C@H]4CC[C@]23C)C2CCCC2)N1. The van der Waals surface area contributed by atoms with Crippen molar-refractivity contribution in [3.8, 4) is 0 Å². The first kappa shape index (κ1) is 29.8. The van der Waals surface area contributed by atoms with Gasteiger partial charge in [-0.2, -0.15) is 0 Å². The van der Waals surface area contributed by atoms with Crippen molar-refractivity contribution in [3.05, 3.63) is 11.6 Å². The summed E-state index contributed by atoms with van der Waals surface area (Å²) in [5.41, 5.74) is 2.75. The van der Waals surface area contributed by atoms with E-state index in [0.29, 0.717) is 42.4 Å². The Morgan fingerprint density at radius 1 is 1.02 bits per heavy atom. The van der Waals surface area contributed by atoms with Gasteiger partial charge in [-0.15, -0.1) is 0 Å². The molecular weight excluding hydrogens is 528 g/mol. The first-order valence-electron chi connectivity index (χ1n) is 16.9. The van der Waals surface area contributed by atoms with E-state index < -0.39 is 0 Å². The Bertz CT molecular complexity index is 1140. The Morgan fingerprint density at radius 2 is 1.81 bits per heavy atom. The second kappa shape index (κ2) is 11.7. The van der Waals surface area contributed by atoms with E-state index in [2.05, 4.69) is 36.6 Å². The second-order valence-corrected chi connectivity index (χ2v) is 14.9. The summed E-state index contributed by atoms with van der Waals surface area (Å²) in [5.74, 6) is 2.70. The maximum atomic E-state index is 13.5. The van der Waals surface area contributed by atoms with E-state index in [9.17, 15) is 14.4 Å². The lowest BCUT2D eigenvalue weighted by atomic mass is 9.46. The van der Waals surface area contributed by atoms with Crippen LogP contribution in [0, 0.1) is 34.5 Å². The maximum Gasteiger partial charge on any atom is 0.436 e. The van der Waals surface area contributed by atoms with Crippen molar-refractivity contribution in [1.82, 2.24) is 15.5 Å². The molecule has 5 aliphatic carbocycles. The minimum Gasteiger partial charge on any atom is -0.358 e. The van der Waals surface area contributed by atoms with Gasteiger partial charge in [-0.05, 0) is 112 Å². The lowest BCUT2D eigenvalue weighted by molar-refractivity contribution is -0.122. The van der Waals surface area contributed by atoms with Crippen molar-refractivity contribution < 1.29 is 19.2 Å². The summed E-state index contributed by atoms with van der Waals surface area (Å²) >= 11 is 0. The predicted octanol–water partition coefficient (Wildman–Crippen LogP) is 5.76. The minimum atomic E-state index is -0.346. The van der Waals surface area contributed by atoms with Gasteiger partial charge in [-0.25, -0.2) is 4.79 Å². The summed E-state index contributed by atoms with van der Waals surface area (Å²) in [7, 11) is 1.67.